The Morgan fingerprint density at radius 1 is 1.29 bits per heavy atom. The summed E-state index contributed by atoms with van der Waals surface area (Å²) >= 11 is 3.25. The van der Waals surface area contributed by atoms with Crippen molar-refractivity contribution in [3.8, 4) is 0 Å². The van der Waals surface area contributed by atoms with Gasteiger partial charge in [0, 0.05) is 4.47 Å². The molecule has 106 valence electrons. The average Bonchev–Trinajstić information content (AvgIpc) is 2.99. The molecule has 0 fully saturated rings. The third kappa shape index (κ3) is 2.25. The van der Waals surface area contributed by atoms with E-state index in [2.05, 4.69) is 15.9 Å². The summed E-state index contributed by atoms with van der Waals surface area (Å²) in [6.07, 6.45) is 1.10. The fourth-order valence-corrected chi connectivity index (χ4v) is 2.52. The molecule has 0 saturated heterocycles. The van der Waals surface area contributed by atoms with Gasteiger partial charge in [0.05, 0.1) is 23.4 Å². The first-order valence-corrected chi connectivity index (χ1v) is 6.73. The second-order valence-corrected chi connectivity index (χ2v) is 5.40. The number of carboxylic acids is 1. The Labute approximate surface area is 127 Å². The fraction of sp³-hybridized carbons (Fsp3) is 0.0714. The molecule has 7 heteroatoms. The van der Waals surface area contributed by atoms with Crippen LogP contribution in [0.5, 0.6) is 0 Å². The highest BCUT2D eigenvalue weighted by atomic mass is 79.9. The van der Waals surface area contributed by atoms with Crippen LogP contribution in [0.25, 0.3) is 0 Å². The normalized spacial score (nSPS) is 13.7. The Bertz CT molecular complexity index is 779. The minimum atomic E-state index is -1.11. The molecule has 1 aliphatic heterocycles. The molecule has 1 aliphatic rings. The monoisotopic (exact) mass is 349 g/mol. The van der Waals surface area contributed by atoms with E-state index < -0.39 is 17.7 Å². The molecule has 1 aromatic heterocycles. The number of carboxylic acid groups (broad SMARTS) is 1. The molecule has 1 N–H and O–H groups in total. The fourth-order valence-electron chi connectivity index (χ4n) is 2.16. The second kappa shape index (κ2) is 4.85. The highest BCUT2D eigenvalue weighted by molar-refractivity contribution is 9.10. The first kappa shape index (κ1) is 13.6. The van der Waals surface area contributed by atoms with E-state index in [0.717, 1.165) is 6.26 Å². The number of furan rings is 1. The number of ketones is 1. The molecule has 0 atom stereocenters. The number of fused-ring (bicyclic) bond motifs is 1. The van der Waals surface area contributed by atoms with Crippen LogP contribution in [-0.2, 0) is 11.3 Å². The van der Waals surface area contributed by atoms with Crippen LogP contribution in [0, 0.1) is 0 Å². The summed E-state index contributed by atoms with van der Waals surface area (Å²) in [6.45, 7) is 0.00643. The molecular weight excluding hydrogens is 342 g/mol. The Hall–Kier alpha value is -2.41. The number of nitrogens with zero attached hydrogens (tertiary/aromatic N) is 1. The maximum atomic E-state index is 12.0. The van der Waals surface area contributed by atoms with Crippen molar-refractivity contribution in [1.29, 1.82) is 0 Å². The van der Waals surface area contributed by atoms with Crippen molar-refractivity contribution in [2.75, 3.05) is 4.90 Å². The maximum Gasteiger partial charge on any atom is 0.338 e. The number of hydrogen-bond donors (Lipinski definition) is 1. The van der Waals surface area contributed by atoms with Crippen LogP contribution in [0.1, 0.15) is 26.5 Å². The number of halogens is 1. The molecular formula is C14H8BrNO5. The second-order valence-electron chi connectivity index (χ2n) is 4.49. The number of Topliss-reactive ketones (excluding diaryl/α,β-unsaturated/α-hetero) is 1. The van der Waals surface area contributed by atoms with Crippen molar-refractivity contribution in [3.63, 3.8) is 0 Å². The van der Waals surface area contributed by atoms with E-state index >= 15 is 0 Å². The van der Waals surface area contributed by atoms with Crippen LogP contribution in [0.4, 0.5) is 5.69 Å². The number of amides is 1. The summed E-state index contributed by atoms with van der Waals surface area (Å²) in [7, 11) is 0. The lowest BCUT2D eigenvalue weighted by molar-refractivity contribution is -0.114. The van der Waals surface area contributed by atoms with E-state index in [4.69, 9.17) is 9.52 Å². The third-order valence-electron chi connectivity index (χ3n) is 3.15. The lowest BCUT2D eigenvalue weighted by Gasteiger charge is -2.14. The van der Waals surface area contributed by atoms with Crippen LogP contribution in [-0.4, -0.2) is 22.8 Å². The zero-order valence-corrected chi connectivity index (χ0v) is 12.1. The van der Waals surface area contributed by atoms with Gasteiger partial charge < -0.3 is 9.52 Å². The van der Waals surface area contributed by atoms with Crippen molar-refractivity contribution in [1.82, 2.24) is 0 Å². The molecule has 3 rings (SSSR count). The lowest BCUT2D eigenvalue weighted by atomic mass is 10.1. The summed E-state index contributed by atoms with van der Waals surface area (Å²) in [5.41, 5.74) is 0.805. The molecule has 21 heavy (non-hydrogen) atoms. The topological polar surface area (TPSA) is 87.8 Å². The van der Waals surface area contributed by atoms with Gasteiger partial charge in [-0.2, -0.15) is 0 Å². The van der Waals surface area contributed by atoms with Gasteiger partial charge in [0.1, 0.15) is 12.0 Å². The number of aromatic carboxylic acids is 1. The number of carbonyl (C=O) groups excluding carboxylic acids is 2. The summed E-state index contributed by atoms with van der Waals surface area (Å²) < 4.78 is 5.82. The van der Waals surface area contributed by atoms with Gasteiger partial charge in [0.15, 0.2) is 0 Å². The van der Waals surface area contributed by atoms with Crippen molar-refractivity contribution in [2.24, 2.45) is 0 Å². The zero-order valence-electron chi connectivity index (χ0n) is 10.5. The Kier molecular flexibility index (Phi) is 3.13. The Morgan fingerprint density at radius 3 is 2.71 bits per heavy atom. The number of carbonyl (C=O) groups is 3. The quantitative estimate of drug-likeness (QED) is 0.860. The minimum absolute atomic E-state index is 0.000924. The van der Waals surface area contributed by atoms with Gasteiger partial charge in [-0.1, -0.05) is 15.9 Å². The van der Waals surface area contributed by atoms with E-state index in [0.29, 0.717) is 21.5 Å². The molecule has 2 heterocycles. The molecule has 0 bridgehead atoms. The van der Waals surface area contributed by atoms with Gasteiger partial charge in [-0.25, -0.2) is 4.79 Å². The third-order valence-corrected chi connectivity index (χ3v) is 3.64. The van der Waals surface area contributed by atoms with E-state index in [1.165, 1.54) is 11.0 Å². The average molecular weight is 350 g/mol. The summed E-state index contributed by atoms with van der Waals surface area (Å²) in [5, 5.41) is 8.84. The minimum Gasteiger partial charge on any atom is -0.478 e. The first-order chi connectivity index (χ1) is 9.97. The van der Waals surface area contributed by atoms with Crippen LogP contribution < -0.4 is 4.90 Å². The van der Waals surface area contributed by atoms with Crippen molar-refractivity contribution in [3.05, 3.63) is 51.9 Å². The summed E-state index contributed by atoms with van der Waals surface area (Å²) in [5.74, 6) is -2.06. The smallest absolute Gasteiger partial charge is 0.338 e. The van der Waals surface area contributed by atoms with Crippen molar-refractivity contribution < 1.29 is 23.9 Å². The molecule has 0 spiro atoms. The largest absolute Gasteiger partial charge is 0.478 e. The number of benzene rings is 1. The van der Waals surface area contributed by atoms with Gasteiger partial charge in [-0.05, 0) is 24.3 Å². The zero-order chi connectivity index (χ0) is 15.1. The molecule has 1 amide bonds. The summed E-state index contributed by atoms with van der Waals surface area (Å²) in [6, 6.07) is 6.29. The van der Waals surface area contributed by atoms with Crippen LogP contribution in [0.2, 0.25) is 0 Å². The molecule has 1 aromatic carbocycles. The molecule has 6 nitrogen and oxygen atoms in total. The predicted molar refractivity (Wildman–Crippen MR) is 75.3 cm³/mol. The standard InChI is InChI=1S/C14H8BrNO5/c15-8-1-2-11-10(4-8)12(17)13(18)16(11)5-9-3-7(6-21-9)14(19)20/h1-4,6H,5H2,(H,19,20). The van der Waals surface area contributed by atoms with Gasteiger partial charge in [0.2, 0.25) is 0 Å². The molecule has 0 aliphatic carbocycles. The number of anilines is 1. The molecule has 0 unspecified atom stereocenters. The van der Waals surface area contributed by atoms with Crippen molar-refractivity contribution in [2.45, 2.75) is 6.54 Å². The molecule has 0 radical (unpaired) electrons. The number of hydrogen-bond acceptors (Lipinski definition) is 4. The van der Waals surface area contributed by atoms with Crippen molar-refractivity contribution >= 4 is 39.3 Å². The summed E-state index contributed by atoms with van der Waals surface area (Å²) in [4.78, 5) is 36.0. The lowest BCUT2D eigenvalue weighted by Crippen LogP contribution is -2.28. The highest BCUT2D eigenvalue weighted by Gasteiger charge is 2.36. The first-order valence-electron chi connectivity index (χ1n) is 5.94. The highest BCUT2D eigenvalue weighted by Crippen LogP contribution is 2.32. The van der Waals surface area contributed by atoms with Crippen LogP contribution in [0.15, 0.2) is 39.4 Å². The van der Waals surface area contributed by atoms with Gasteiger partial charge in [0.25, 0.3) is 11.7 Å². The predicted octanol–water partition coefficient (Wildman–Crippen LogP) is 2.47. The maximum absolute atomic E-state index is 12.0. The number of rotatable bonds is 3. The van der Waals surface area contributed by atoms with E-state index in [1.54, 1.807) is 18.2 Å². The Balaban J connectivity index is 1.94. The Morgan fingerprint density at radius 2 is 2.05 bits per heavy atom. The van der Waals surface area contributed by atoms with Gasteiger partial charge >= 0.3 is 5.97 Å². The molecule has 2 aromatic rings. The van der Waals surface area contributed by atoms with E-state index in [9.17, 15) is 14.4 Å². The van der Waals surface area contributed by atoms with E-state index in [1.807, 2.05) is 0 Å². The van der Waals surface area contributed by atoms with E-state index in [-0.39, 0.29) is 12.1 Å². The SMILES string of the molecule is O=C(O)c1coc(CN2C(=O)C(=O)c3cc(Br)ccc32)c1. The van der Waals surface area contributed by atoms with Crippen LogP contribution >= 0.6 is 15.9 Å². The van der Waals surface area contributed by atoms with Gasteiger partial charge in [-0.3, -0.25) is 14.5 Å². The van der Waals surface area contributed by atoms with Crippen LogP contribution in [0.3, 0.4) is 0 Å². The molecule has 0 saturated carbocycles. The van der Waals surface area contributed by atoms with Gasteiger partial charge in [-0.15, -0.1) is 0 Å².